The van der Waals surface area contributed by atoms with E-state index in [1.54, 1.807) is 18.4 Å². The van der Waals surface area contributed by atoms with E-state index in [4.69, 9.17) is 14.7 Å². The van der Waals surface area contributed by atoms with Crippen molar-refractivity contribution < 1.29 is 4.74 Å². The van der Waals surface area contributed by atoms with Gasteiger partial charge in [0.15, 0.2) is 5.82 Å². The Morgan fingerprint density at radius 3 is 2.67 bits per heavy atom. The fraction of sp³-hybridized carbons (Fsp3) is 0.429. The van der Waals surface area contributed by atoms with E-state index in [0.717, 1.165) is 34.3 Å². The third kappa shape index (κ3) is 3.98. The summed E-state index contributed by atoms with van der Waals surface area (Å²) < 4.78 is 5.28. The summed E-state index contributed by atoms with van der Waals surface area (Å²) in [6.45, 7) is 1.31. The highest BCUT2D eigenvalue weighted by molar-refractivity contribution is 7.17. The van der Waals surface area contributed by atoms with Gasteiger partial charge in [0, 0.05) is 30.6 Å². The average Bonchev–Trinajstić information content (AvgIpc) is 3.40. The van der Waals surface area contributed by atoms with Crippen LogP contribution in [0.2, 0.25) is 0 Å². The van der Waals surface area contributed by atoms with Crippen molar-refractivity contribution in [2.24, 2.45) is 5.92 Å². The zero-order valence-corrected chi connectivity index (χ0v) is 16.9. The molecule has 5 nitrogen and oxygen atoms in total. The molecule has 2 heterocycles. The van der Waals surface area contributed by atoms with Crippen molar-refractivity contribution in [1.29, 1.82) is 0 Å². The van der Waals surface area contributed by atoms with Crippen LogP contribution in [-0.2, 0) is 11.3 Å². The molecule has 27 heavy (non-hydrogen) atoms. The molecule has 1 saturated carbocycles. The number of hydrogen-bond donors (Lipinski definition) is 1. The van der Waals surface area contributed by atoms with Gasteiger partial charge in [-0.05, 0) is 38.4 Å². The Kier molecular flexibility index (Phi) is 5.38. The molecule has 0 aliphatic heterocycles. The van der Waals surface area contributed by atoms with Crippen LogP contribution in [0.5, 0.6) is 0 Å². The van der Waals surface area contributed by atoms with Gasteiger partial charge in [0.05, 0.1) is 5.39 Å². The largest absolute Gasteiger partial charge is 0.377 e. The number of likely N-dealkylation sites (N-methyl/N-ethyl adjacent to an activating group) is 1. The number of nitrogens with one attached hydrogen (secondary N) is 1. The van der Waals surface area contributed by atoms with Gasteiger partial charge in [-0.15, -0.1) is 11.3 Å². The van der Waals surface area contributed by atoms with Crippen molar-refractivity contribution in [1.82, 2.24) is 14.9 Å². The number of thiophene rings is 1. The normalized spacial score (nSPS) is 15.4. The molecule has 6 heteroatoms. The summed E-state index contributed by atoms with van der Waals surface area (Å²) in [6.07, 6.45) is 2.65. The van der Waals surface area contributed by atoms with Gasteiger partial charge in [-0.25, -0.2) is 9.97 Å². The number of hydrogen-bond acceptors (Lipinski definition) is 6. The van der Waals surface area contributed by atoms with Crippen LogP contribution in [0.1, 0.15) is 18.7 Å². The molecule has 0 bridgehead atoms. The molecular formula is C21H26N4OS. The van der Waals surface area contributed by atoms with Crippen LogP contribution >= 0.6 is 11.3 Å². The second-order valence-corrected chi connectivity index (χ2v) is 8.22. The number of methoxy groups -OCH3 is 1. The summed E-state index contributed by atoms with van der Waals surface area (Å²) in [4.78, 5) is 12.8. The Morgan fingerprint density at radius 1 is 1.22 bits per heavy atom. The second-order valence-electron chi connectivity index (χ2n) is 7.37. The molecule has 0 saturated heterocycles. The van der Waals surface area contributed by atoms with Crippen molar-refractivity contribution in [3.8, 4) is 11.1 Å². The van der Waals surface area contributed by atoms with Crippen molar-refractivity contribution >= 4 is 27.4 Å². The molecular weight excluding hydrogens is 356 g/mol. The summed E-state index contributed by atoms with van der Waals surface area (Å²) in [5.74, 6) is 2.43. The summed E-state index contributed by atoms with van der Waals surface area (Å²) >= 11 is 1.67. The minimum atomic E-state index is 0.420. The first-order valence-electron chi connectivity index (χ1n) is 9.40. The molecule has 1 atom stereocenters. The topological polar surface area (TPSA) is 50.3 Å². The lowest BCUT2D eigenvalue weighted by Gasteiger charge is -2.25. The summed E-state index contributed by atoms with van der Waals surface area (Å²) in [5.41, 5.74) is 2.39. The van der Waals surface area contributed by atoms with E-state index in [9.17, 15) is 0 Å². The SMILES string of the molecule is COCc1nc(NCC(C2CC2)N(C)C)c2c(-c3ccccc3)csc2n1. The van der Waals surface area contributed by atoms with E-state index >= 15 is 0 Å². The number of aromatic nitrogens is 2. The van der Waals surface area contributed by atoms with Crippen LogP contribution in [0.3, 0.4) is 0 Å². The number of anilines is 1. The summed E-state index contributed by atoms with van der Waals surface area (Å²) in [5, 5.41) is 6.94. The molecule has 0 radical (unpaired) electrons. The summed E-state index contributed by atoms with van der Waals surface area (Å²) in [6, 6.07) is 11.0. The lowest BCUT2D eigenvalue weighted by atomic mass is 10.1. The van der Waals surface area contributed by atoms with Crippen LogP contribution in [0.25, 0.3) is 21.3 Å². The van der Waals surface area contributed by atoms with E-state index in [2.05, 4.69) is 54.0 Å². The van der Waals surface area contributed by atoms with Crippen LogP contribution in [0.4, 0.5) is 5.82 Å². The number of benzene rings is 1. The van der Waals surface area contributed by atoms with Crippen molar-refractivity contribution in [2.75, 3.05) is 33.1 Å². The Hall–Kier alpha value is -2.02. The third-order valence-corrected chi connectivity index (χ3v) is 6.02. The minimum Gasteiger partial charge on any atom is -0.377 e. The van der Waals surface area contributed by atoms with Crippen molar-refractivity contribution in [3.05, 3.63) is 41.5 Å². The third-order valence-electron chi connectivity index (χ3n) is 5.15. The molecule has 2 aromatic heterocycles. The van der Waals surface area contributed by atoms with E-state index in [-0.39, 0.29) is 0 Å². The maximum Gasteiger partial charge on any atom is 0.158 e. The predicted molar refractivity (Wildman–Crippen MR) is 112 cm³/mol. The first-order valence-corrected chi connectivity index (χ1v) is 10.3. The summed E-state index contributed by atoms with van der Waals surface area (Å²) in [7, 11) is 6.01. The fourth-order valence-electron chi connectivity index (χ4n) is 3.59. The van der Waals surface area contributed by atoms with Gasteiger partial charge in [0.25, 0.3) is 0 Å². The Morgan fingerprint density at radius 2 is 2.00 bits per heavy atom. The lowest BCUT2D eigenvalue weighted by Crippen LogP contribution is -2.36. The minimum absolute atomic E-state index is 0.420. The zero-order valence-electron chi connectivity index (χ0n) is 16.1. The van der Waals surface area contributed by atoms with E-state index in [0.29, 0.717) is 12.6 Å². The highest BCUT2D eigenvalue weighted by Crippen LogP contribution is 2.38. The van der Waals surface area contributed by atoms with Gasteiger partial charge in [-0.1, -0.05) is 30.3 Å². The monoisotopic (exact) mass is 382 g/mol. The highest BCUT2D eigenvalue weighted by Gasteiger charge is 2.32. The van der Waals surface area contributed by atoms with Gasteiger partial charge in [-0.2, -0.15) is 0 Å². The number of rotatable bonds is 8. The van der Waals surface area contributed by atoms with Crippen molar-refractivity contribution in [2.45, 2.75) is 25.5 Å². The zero-order chi connectivity index (χ0) is 18.8. The van der Waals surface area contributed by atoms with Crippen LogP contribution in [0, 0.1) is 5.92 Å². The molecule has 0 spiro atoms. The maximum atomic E-state index is 5.28. The average molecular weight is 383 g/mol. The van der Waals surface area contributed by atoms with Gasteiger partial charge < -0.3 is 15.0 Å². The lowest BCUT2D eigenvalue weighted by molar-refractivity contribution is 0.178. The number of nitrogens with zero attached hydrogens (tertiary/aromatic N) is 3. The quantitative estimate of drug-likeness (QED) is 0.631. The second kappa shape index (κ2) is 7.92. The van der Waals surface area contributed by atoms with Crippen LogP contribution in [-0.4, -0.2) is 48.7 Å². The molecule has 1 N–H and O–H groups in total. The smallest absolute Gasteiger partial charge is 0.158 e. The predicted octanol–water partition coefficient (Wildman–Crippen LogP) is 4.26. The van der Waals surface area contributed by atoms with E-state index < -0.39 is 0 Å². The van der Waals surface area contributed by atoms with Crippen molar-refractivity contribution in [3.63, 3.8) is 0 Å². The Labute approximate surface area is 164 Å². The van der Waals surface area contributed by atoms with Crippen LogP contribution in [0.15, 0.2) is 35.7 Å². The first-order chi connectivity index (χ1) is 13.2. The van der Waals surface area contributed by atoms with Crippen LogP contribution < -0.4 is 5.32 Å². The van der Waals surface area contributed by atoms with Gasteiger partial charge in [-0.3, -0.25) is 0 Å². The molecule has 3 aromatic rings. The standard InChI is InChI=1S/C21H26N4OS/c1-25(2)17(15-9-10-15)11-22-20-19-16(14-7-5-4-6-8-14)13-27-21(19)24-18(23-20)12-26-3/h4-8,13,15,17H,9-12H2,1-3H3,(H,22,23,24). The van der Waals surface area contributed by atoms with Gasteiger partial charge in [0.2, 0.25) is 0 Å². The molecule has 1 aliphatic rings. The van der Waals surface area contributed by atoms with Gasteiger partial charge in [0.1, 0.15) is 17.3 Å². The van der Waals surface area contributed by atoms with Gasteiger partial charge >= 0.3 is 0 Å². The Bertz CT molecular complexity index is 903. The first kappa shape index (κ1) is 18.3. The molecule has 142 valence electrons. The number of ether oxygens (including phenoxy) is 1. The maximum absolute atomic E-state index is 5.28. The molecule has 1 unspecified atom stereocenters. The van der Waals surface area contributed by atoms with E-state index in [1.807, 2.05) is 6.07 Å². The fourth-order valence-corrected chi connectivity index (χ4v) is 4.56. The molecule has 1 aliphatic carbocycles. The molecule has 1 fully saturated rings. The number of fused-ring (bicyclic) bond motifs is 1. The Balaban J connectivity index is 1.72. The van der Waals surface area contributed by atoms with E-state index in [1.165, 1.54) is 24.0 Å². The molecule has 0 amide bonds. The molecule has 1 aromatic carbocycles. The highest BCUT2D eigenvalue weighted by atomic mass is 32.1. The molecule has 4 rings (SSSR count).